The molecule has 0 aromatic carbocycles. The molecule has 0 saturated carbocycles. The van der Waals surface area contributed by atoms with Gasteiger partial charge in [-0.2, -0.15) is 0 Å². The molecule has 0 bridgehead atoms. The van der Waals surface area contributed by atoms with Gasteiger partial charge in [-0.05, 0) is 37.9 Å². The molecular weight excluding hydrogens is 228 g/mol. The first kappa shape index (κ1) is 13.3. The second kappa shape index (κ2) is 6.16. The summed E-state index contributed by atoms with van der Waals surface area (Å²) in [4.78, 5) is 6.72. The van der Waals surface area contributed by atoms with Gasteiger partial charge in [0.1, 0.15) is 5.75 Å². The van der Waals surface area contributed by atoms with Gasteiger partial charge >= 0.3 is 0 Å². The molecule has 1 fully saturated rings. The van der Waals surface area contributed by atoms with Crippen LogP contribution in [-0.2, 0) is 6.54 Å². The molecule has 4 heteroatoms. The summed E-state index contributed by atoms with van der Waals surface area (Å²) in [6, 6.07) is 4.24. The average molecular weight is 250 g/mol. The van der Waals surface area contributed by atoms with Crippen molar-refractivity contribution >= 4 is 0 Å². The third-order valence-electron chi connectivity index (χ3n) is 3.66. The Morgan fingerprint density at radius 2 is 2.33 bits per heavy atom. The first-order chi connectivity index (χ1) is 8.74. The first-order valence-corrected chi connectivity index (χ1v) is 6.67. The molecule has 1 aliphatic rings. The number of rotatable bonds is 5. The maximum absolute atomic E-state index is 9.42. The normalized spacial score (nSPS) is 24.4. The van der Waals surface area contributed by atoms with Crippen LogP contribution in [0.5, 0.6) is 5.75 Å². The summed E-state index contributed by atoms with van der Waals surface area (Å²) in [7, 11) is 0. The van der Waals surface area contributed by atoms with Gasteiger partial charge in [-0.1, -0.05) is 6.92 Å². The summed E-state index contributed by atoms with van der Waals surface area (Å²) < 4.78 is 5.37. The highest BCUT2D eigenvalue weighted by Gasteiger charge is 2.30. The lowest BCUT2D eigenvalue weighted by molar-refractivity contribution is 0.133. The molecule has 1 aromatic heterocycles. The Bertz CT molecular complexity index is 367. The molecule has 0 aliphatic carbocycles. The van der Waals surface area contributed by atoms with Crippen molar-refractivity contribution in [2.75, 3.05) is 19.8 Å². The van der Waals surface area contributed by atoms with E-state index in [4.69, 9.17) is 4.74 Å². The summed E-state index contributed by atoms with van der Waals surface area (Å²) in [5, 5.41) is 9.42. The van der Waals surface area contributed by atoms with Crippen molar-refractivity contribution in [2.45, 2.75) is 32.9 Å². The van der Waals surface area contributed by atoms with Crippen molar-refractivity contribution in [3.05, 3.63) is 24.0 Å². The van der Waals surface area contributed by atoms with E-state index in [9.17, 15) is 5.11 Å². The monoisotopic (exact) mass is 250 g/mol. The van der Waals surface area contributed by atoms with Gasteiger partial charge < -0.3 is 9.84 Å². The summed E-state index contributed by atoms with van der Waals surface area (Å²) >= 11 is 0. The van der Waals surface area contributed by atoms with Crippen LogP contribution in [0, 0.1) is 5.92 Å². The van der Waals surface area contributed by atoms with Crippen LogP contribution in [0.2, 0.25) is 0 Å². The number of likely N-dealkylation sites (tertiary alicyclic amines) is 1. The lowest BCUT2D eigenvalue weighted by Gasteiger charge is -2.24. The lowest BCUT2D eigenvalue weighted by atomic mass is 10.0. The summed E-state index contributed by atoms with van der Waals surface area (Å²) in [6.07, 6.45) is 2.93. The van der Waals surface area contributed by atoms with Gasteiger partial charge in [0.15, 0.2) is 0 Å². The Kier molecular flexibility index (Phi) is 4.55. The van der Waals surface area contributed by atoms with Crippen LogP contribution >= 0.6 is 0 Å². The number of aliphatic hydroxyl groups is 1. The molecule has 2 rings (SSSR count). The molecule has 1 saturated heterocycles. The van der Waals surface area contributed by atoms with Gasteiger partial charge in [-0.25, -0.2) is 0 Å². The minimum atomic E-state index is 0.234. The minimum absolute atomic E-state index is 0.234. The Labute approximate surface area is 109 Å². The minimum Gasteiger partial charge on any atom is -0.492 e. The van der Waals surface area contributed by atoms with Crippen molar-refractivity contribution in [3.8, 4) is 5.75 Å². The molecule has 0 radical (unpaired) electrons. The first-order valence-electron chi connectivity index (χ1n) is 6.67. The van der Waals surface area contributed by atoms with Gasteiger partial charge in [0, 0.05) is 12.6 Å². The third-order valence-corrected chi connectivity index (χ3v) is 3.66. The second-order valence-corrected chi connectivity index (χ2v) is 4.90. The van der Waals surface area contributed by atoms with Crippen LogP contribution < -0.4 is 4.74 Å². The van der Waals surface area contributed by atoms with Gasteiger partial charge in [0.25, 0.3) is 0 Å². The highest BCUT2D eigenvalue weighted by molar-refractivity contribution is 5.19. The number of hydrogen-bond acceptors (Lipinski definition) is 4. The van der Waals surface area contributed by atoms with Crippen molar-refractivity contribution in [1.82, 2.24) is 9.88 Å². The SMILES string of the molecule is CCOc1ccc(CN2CCC(C)C2CO)nc1. The molecule has 2 unspecified atom stereocenters. The fourth-order valence-electron chi connectivity index (χ4n) is 2.54. The zero-order valence-electron chi connectivity index (χ0n) is 11.2. The Morgan fingerprint density at radius 3 is 2.94 bits per heavy atom. The number of nitrogens with zero attached hydrogens (tertiary/aromatic N) is 2. The molecule has 1 aliphatic heterocycles. The van der Waals surface area contributed by atoms with E-state index in [1.54, 1.807) is 6.20 Å². The number of ether oxygens (including phenoxy) is 1. The largest absolute Gasteiger partial charge is 0.492 e. The average Bonchev–Trinajstić information content (AvgIpc) is 2.72. The molecular formula is C14H22N2O2. The topological polar surface area (TPSA) is 45.6 Å². The number of pyridine rings is 1. The summed E-state index contributed by atoms with van der Waals surface area (Å²) in [5.74, 6) is 1.38. The smallest absolute Gasteiger partial charge is 0.137 e. The highest BCUT2D eigenvalue weighted by atomic mass is 16.5. The summed E-state index contributed by atoms with van der Waals surface area (Å²) in [5.41, 5.74) is 1.03. The van der Waals surface area contributed by atoms with Gasteiger partial charge in [0.2, 0.25) is 0 Å². The van der Waals surface area contributed by atoms with Crippen LogP contribution in [0.15, 0.2) is 18.3 Å². The van der Waals surface area contributed by atoms with Crippen molar-refractivity contribution < 1.29 is 9.84 Å². The fourth-order valence-corrected chi connectivity index (χ4v) is 2.54. The van der Waals surface area contributed by atoms with E-state index in [1.165, 1.54) is 0 Å². The Hall–Kier alpha value is -1.13. The van der Waals surface area contributed by atoms with Crippen LogP contribution in [0.3, 0.4) is 0 Å². The highest BCUT2D eigenvalue weighted by Crippen LogP contribution is 2.25. The molecule has 0 amide bonds. The number of hydrogen-bond donors (Lipinski definition) is 1. The number of aliphatic hydroxyl groups excluding tert-OH is 1. The van der Waals surface area contributed by atoms with E-state index in [-0.39, 0.29) is 12.6 Å². The lowest BCUT2D eigenvalue weighted by Crippen LogP contribution is -2.34. The Morgan fingerprint density at radius 1 is 1.50 bits per heavy atom. The quantitative estimate of drug-likeness (QED) is 0.863. The fraction of sp³-hybridized carbons (Fsp3) is 0.643. The molecule has 1 N–H and O–H groups in total. The van der Waals surface area contributed by atoms with E-state index in [2.05, 4.69) is 16.8 Å². The van der Waals surface area contributed by atoms with E-state index in [1.807, 2.05) is 19.1 Å². The molecule has 2 heterocycles. The van der Waals surface area contributed by atoms with Crippen LogP contribution in [-0.4, -0.2) is 40.8 Å². The maximum atomic E-state index is 9.42. The van der Waals surface area contributed by atoms with Crippen LogP contribution in [0.4, 0.5) is 0 Å². The van der Waals surface area contributed by atoms with Gasteiger partial charge in [-0.3, -0.25) is 9.88 Å². The second-order valence-electron chi connectivity index (χ2n) is 4.90. The third kappa shape index (κ3) is 3.00. The zero-order valence-corrected chi connectivity index (χ0v) is 11.2. The summed E-state index contributed by atoms with van der Waals surface area (Å²) in [6.45, 7) is 6.91. The van der Waals surface area contributed by atoms with Crippen molar-refractivity contribution in [2.24, 2.45) is 5.92 Å². The van der Waals surface area contributed by atoms with E-state index in [0.29, 0.717) is 12.5 Å². The van der Waals surface area contributed by atoms with Crippen LogP contribution in [0.25, 0.3) is 0 Å². The van der Waals surface area contributed by atoms with Gasteiger partial charge in [0.05, 0.1) is 25.1 Å². The van der Waals surface area contributed by atoms with Crippen LogP contribution in [0.1, 0.15) is 26.0 Å². The molecule has 1 aromatic rings. The zero-order chi connectivity index (χ0) is 13.0. The predicted molar refractivity (Wildman–Crippen MR) is 70.5 cm³/mol. The van der Waals surface area contributed by atoms with E-state index in [0.717, 1.165) is 31.0 Å². The van der Waals surface area contributed by atoms with Gasteiger partial charge in [-0.15, -0.1) is 0 Å². The molecule has 2 atom stereocenters. The molecule has 18 heavy (non-hydrogen) atoms. The molecule has 100 valence electrons. The Balaban J connectivity index is 1.96. The van der Waals surface area contributed by atoms with Crippen molar-refractivity contribution in [3.63, 3.8) is 0 Å². The number of aromatic nitrogens is 1. The van der Waals surface area contributed by atoms with E-state index < -0.39 is 0 Å². The van der Waals surface area contributed by atoms with Crippen molar-refractivity contribution in [1.29, 1.82) is 0 Å². The predicted octanol–water partition coefficient (Wildman–Crippen LogP) is 1.68. The molecule has 4 nitrogen and oxygen atoms in total. The van der Waals surface area contributed by atoms with E-state index >= 15 is 0 Å². The standard InChI is InChI=1S/C14H22N2O2/c1-3-18-13-5-4-12(15-8-13)9-16-7-6-11(2)14(16)10-17/h4-5,8,11,14,17H,3,6-7,9-10H2,1-2H3. The maximum Gasteiger partial charge on any atom is 0.137 e. The molecule has 0 spiro atoms.